The molecule has 0 unspecified atom stereocenters. The molecule has 1 saturated heterocycles. The van der Waals surface area contributed by atoms with Crippen LogP contribution in [-0.4, -0.2) is 49.6 Å². The Hall–Kier alpha value is -2.94. The number of aliphatic imine (C=N–C) groups is 1. The lowest BCUT2D eigenvalue weighted by molar-refractivity contribution is -0.116. The van der Waals surface area contributed by atoms with E-state index < -0.39 is 5.82 Å². The minimum atomic E-state index is -0.500. The molecule has 0 bridgehead atoms. The van der Waals surface area contributed by atoms with Crippen molar-refractivity contribution in [1.29, 1.82) is 0 Å². The number of carbonyl (C=O) groups is 1. The van der Waals surface area contributed by atoms with Crippen LogP contribution in [-0.2, 0) is 9.53 Å². The minimum Gasteiger partial charge on any atom is -0.391 e. The van der Waals surface area contributed by atoms with Crippen LogP contribution >= 0.6 is 0 Å². The molecule has 9 heteroatoms. The Bertz CT molecular complexity index is 805. The van der Waals surface area contributed by atoms with Gasteiger partial charge in [-0.2, -0.15) is 0 Å². The highest BCUT2D eigenvalue weighted by Gasteiger charge is 2.18. The monoisotopic (exact) mass is 416 g/mol. The second-order valence-electron chi connectivity index (χ2n) is 7.23. The van der Waals surface area contributed by atoms with Crippen molar-refractivity contribution in [3.05, 3.63) is 48.3 Å². The molecule has 1 aromatic heterocycles. The number of nitrogens with zero attached hydrogens (tertiary/aromatic N) is 2. The molecular formula is C21H29FN6O2. The lowest BCUT2D eigenvalue weighted by Crippen LogP contribution is -2.38. The van der Waals surface area contributed by atoms with Crippen molar-refractivity contribution in [3.8, 4) is 0 Å². The number of rotatable bonds is 10. The molecule has 2 aliphatic rings. The average molecular weight is 417 g/mol. The van der Waals surface area contributed by atoms with Crippen LogP contribution < -0.4 is 21.3 Å². The number of aromatic nitrogens is 1. The summed E-state index contributed by atoms with van der Waals surface area (Å²) >= 11 is 0. The zero-order chi connectivity index (χ0) is 21.2. The van der Waals surface area contributed by atoms with Gasteiger partial charge in [0.15, 0.2) is 5.82 Å². The molecule has 1 aromatic rings. The van der Waals surface area contributed by atoms with Crippen molar-refractivity contribution < 1.29 is 13.9 Å². The Morgan fingerprint density at radius 3 is 3.03 bits per heavy atom. The normalized spacial score (nSPS) is 16.7. The van der Waals surface area contributed by atoms with E-state index in [4.69, 9.17) is 4.74 Å². The lowest BCUT2D eigenvalue weighted by atomic mass is 10.0. The van der Waals surface area contributed by atoms with Gasteiger partial charge in [-0.05, 0) is 43.5 Å². The zero-order valence-corrected chi connectivity index (χ0v) is 17.0. The van der Waals surface area contributed by atoms with Gasteiger partial charge in [-0.15, -0.1) is 0 Å². The van der Waals surface area contributed by atoms with Gasteiger partial charge in [0, 0.05) is 32.7 Å². The molecule has 3 rings (SSSR count). The van der Waals surface area contributed by atoms with Gasteiger partial charge in [-0.1, -0.05) is 6.58 Å². The summed E-state index contributed by atoms with van der Waals surface area (Å²) in [6.07, 6.45) is 7.68. The number of halogens is 1. The largest absolute Gasteiger partial charge is 0.391 e. The molecule has 1 amide bonds. The van der Waals surface area contributed by atoms with Gasteiger partial charge in [0.05, 0.1) is 18.3 Å². The predicted octanol–water partition coefficient (Wildman–Crippen LogP) is 1.88. The van der Waals surface area contributed by atoms with Gasteiger partial charge >= 0.3 is 0 Å². The third-order valence-electron chi connectivity index (χ3n) is 4.97. The van der Waals surface area contributed by atoms with Crippen LogP contribution in [0, 0.1) is 11.7 Å². The first-order valence-electron chi connectivity index (χ1n) is 10.3. The zero-order valence-electron chi connectivity index (χ0n) is 17.0. The fraction of sp³-hybridized carbons (Fsp3) is 0.476. The van der Waals surface area contributed by atoms with Crippen LogP contribution in [0.2, 0.25) is 0 Å². The molecular weight excluding hydrogens is 387 g/mol. The Labute approximate surface area is 176 Å². The van der Waals surface area contributed by atoms with E-state index in [1.807, 2.05) is 6.08 Å². The number of pyridine rings is 1. The van der Waals surface area contributed by atoms with Gasteiger partial charge in [-0.3, -0.25) is 9.79 Å². The van der Waals surface area contributed by atoms with Crippen molar-refractivity contribution >= 4 is 17.6 Å². The minimum absolute atomic E-state index is 0.178. The molecule has 162 valence electrons. The van der Waals surface area contributed by atoms with Crippen molar-refractivity contribution in [3.63, 3.8) is 0 Å². The van der Waals surface area contributed by atoms with E-state index in [0.717, 1.165) is 44.6 Å². The molecule has 4 N–H and O–H groups in total. The quantitative estimate of drug-likeness (QED) is 0.435. The van der Waals surface area contributed by atoms with Crippen LogP contribution in [0.4, 0.5) is 10.2 Å². The SMILES string of the molecule is C=CNCCCC(=O)Nc1cc(C2=NCC=C(NCC3CCOCC3)N2)c(F)cn1. The standard InChI is InChI=1S/C21H29FN6O2/c1-2-23-8-3-4-20(29)27-19-12-16(17(22)14-26-19)21-24-9-5-18(28-21)25-13-15-6-10-30-11-7-15/h2,5,12,14-15,23,25H,1,3-4,6-11,13H2,(H,24,28)(H,26,27,29). The molecule has 0 radical (unpaired) electrons. The fourth-order valence-electron chi connectivity index (χ4n) is 3.27. The summed E-state index contributed by atoms with van der Waals surface area (Å²) in [5.74, 6) is 1.40. The first-order chi connectivity index (χ1) is 14.7. The second-order valence-corrected chi connectivity index (χ2v) is 7.23. The molecule has 0 spiro atoms. The number of amidine groups is 1. The Balaban J connectivity index is 1.55. The highest BCUT2D eigenvalue weighted by Crippen LogP contribution is 2.16. The van der Waals surface area contributed by atoms with E-state index in [1.165, 1.54) is 6.07 Å². The van der Waals surface area contributed by atoms with E-state index >= 15 is 0 Å². The van der Waals surface area contributed by atoms with Crippen LogP contribution in [0.5, 0.6) is 0 Å². The summed E-state index contributed by atoms with van der Waals surface area (Å²) < 4.78 is 19.8. The van der Waals surface area contributed by atoms with Crippen LogP contribution in [0.3, 0.4) is 0 Å². The third-order valence-corrected chi connectivity index (χ3v) is 4.97. The predicted molar refractivity (Wildman–Crippen MR) is 114 cm³/mol. The van der Waals surface area contributed by atoms with Gasteiger partial charge in [0.1, 0.15) is 17.5 Å². The van der Waals surface area contributed by atoms with E-state index in [9.17, 15) is 9.18 Å². The van der Waals surface area contributed by atoms with Crippen molar-refractivity contribution in [1.82, 2.24) is 20.9 Å². The smallest absolute Gasteiger partial charge is 0.225 e. The van der Waals surface area contributed by atoms with Crippen LogP contribution in [0.15, 0.2) is 41.9 Å². The van der Waals surface area contributed by atoms with Gasteiger partial charge in [-0.25, -0.2) is 9.37 Å². The van der Waals surface area contributed by atoms with Crippen LogP contribution in [0.1, 0.15) is 31.2 Å². The summed E-state index contributed by atoms with van der Waals surface area (Å²) in [6, 6.07) is 1.50. The molecule has 1 fully saturated rings. The summed E-state index contributed by atoms with van der Waals surface area (Å²) in [5.41, 5.74) is 0.270. The summed E-state index contributed by atoms with van der Waals surface area (Å²) in [6.45, 7) is 7.09. The summed E-state index contributed by atoms with van der Waals surface area (Å²) in [7, 11) is 0. The van der Waals surface area contributed by atoms with Gasteiger partial charge in [0.25, 0.3) is 0 Å². The number of ether oxygens (including phenoxy) is 1. The molecule has 2 aliphatic heterocycles. The van der Waals surface area contributed by atoms with Gasteiger partial charge < -0.3 is 26.0 Å². The molecule has 0 saturated carbocycles. The number of nitrogens with one attached hydrogen (secondary N) is 4. The van der Waals surface area contributed by atoms with Gasteiger partial charge in [0.2, 0.25) is 5.91 Å². The Kier molecular flexibility index (Phi) is 8.20. The van der Waals surface area contributed by atoms with Crippen molar-refractivity contribution in [2.75, 3.05) is 38.2 Å². The third kappa shape index (κ3) is 6.55. The first-order valence-corrected chi connectivity index (χ1v) is 10.3. The number of anilines is 1. The molecule has 8 nitrogen and oxygen atoms in total. The topological polar surface area (TPSA) is 99.7 Å². The highest BCUT2D eigenvalue weighted by molar-refractivity contribution is 6.01. The molecule has 30 heavy (non-hydrogen) atoms. The maximum absolute atomic E-state index is 14.4. The number of hydrogen-bond acceptors (Lipinski definition) is 7. The fourth-order valence-corrected chi connectivity index (χ4v) is 3.27. The molecule has 0 aliphatic carbocycles. The van der Waals surface area contributed by atoms with Crippen molar-refractivity contribution in [2.45, 2.75) is 25.7 Å². The van der Waals surface area contributed by atoms with E-state index in [1.54, 1.807) is 6.20 Å². The van der Waals surface area contributed by atoms with Crippen LogP contribution in [0.25, 0.3) is 0 Å². The highest BCUT2D eigenvalue weighted by atomic mass is 19.1. The van der Waals surface area contributed by atoms with E-state index in [0.29, 0.717) is 43.5 Å². The second kappa shape index (κ2) is 11.3. The van der Waals surface area contributed by atoms with E-state index in [-0.39, 0.29) is 11.5 Å². The Morgan fingerprint density at radius 1 is 1.40 bits per heavy atom. The number of amides is 1. The molecule has 3 heterocycles. The van der Waals surface area contributed by atoms with E-state index in [2.05, 4.69) is 37.8 Å². The maximum Gasteiger partial charge on any atom is 0.225 e. The van der Waals surface area contributed by atoms with Crippen molar-refractivity contribution in [2.24, 2.45) is 10.9 Å². The number of carbonyl (C=O) groups excluding carboxylic acids is 1. The summed E-state index contributed by atoms with van der Waals surface area (Å²) in [4.78, 5) is 20.4. The summed E-state index contributed by atoms with van der Waals surface area (Å²) in [5, 5.41) is 12.2. The lowest BCUT2D eigenvalue weighted by Gasteiger charge is -2.25. The average Bonchev–Trinajstić information content (AvgIpc) is 2.77. The Morgan fingerprint density at radius 2 is 2.23 bits per heavy atom. The molecule has 0 atom stereocenters. The first kappa shape index (κ1) is 21.8. The molecule has 0 aromatic carbocycles. The number of hydrogen-bond donors (Lipinski definition) is 4. The maximum atomic E-state index is 14.4.